The third-order valence-corrected chi connectivity index (χ3v) is 7.46. The number of aromatic nitrogens is 1. The topological polar surface area (TPSA) is 60.7 Å². The molecule has 132 valence electrons. The summed E-state index contributed by atoms with van der Waals surface area (Å²) in [5.74, 6) is 0.160. The zero-order valence-electron chi connectivity index (χ0n) is 15.1. The summed E-state index contributed by atoms with van der Waals surface area (Å²) in [4.78, 5) is 32.0. The predicted octanol–water partition coefficient (Wildman–Crippen LogP) is 2.64. The number of ether oxygens (including phenoxy) is 1. The van der Waals surface area contributed by atoms with E-state index < -0.39 is 5.41 Å². The van der Waals surface area contributed by atoms with E-state index in [1.54, 1.807) is 7.11 Å². The van der Waals surface area contributed by atoms with Gasteiger partial charge in [-0.05, 0) is 38.0 Å². The fourth-order valence-electron chi connectivity index (χ4n) is 4.49. The first-order valence-electron chi connectivity index (χ1n) is 8.54. The first kappa shape index (κ1) is 17.5. The van der Waals surface area contributed by atoms with Crippen molar-refractivity contribution in [2.45, 2.75) is 53.5 Å². The van der Waals surface area contributed by atoms with Gasteiger partial charge in [0.05, 0.1) is 6.61 Å². The smallest absolute Gasteiger partial charge is 0.262 e. The number of amides is 1. The molecule has 1 aromatic heterocycles. The molecule has 2 aliphatic rings. The molecule has 1 heterocycles. The van der Waals surface area contributed by atoms with E-state index >= 15 is 0 Å². The van der Waals surface area contributed by atoms with E-state index in [2.05, 4.69) is 18.8 Å². The van der Waals surface area contributed by atoms with Crippen LogP contribution in [0.25, 0.3) is 0 Å². The Bertz CT molecular complexity index is 759. The van der Waals surface area contributed by atoms with Gasteiger partial charge in [0.25, 0.3) is 5.91 Å². The molecule has 0 saturated heterocycles. The van der Waals surface area contributed by atoms with E-state index in [-0.39, 0.29) is 17.1 Å². The third-order valence-electron chi connectivity index (χ3n) is 6.37. The molecule has 2 bridgehead atoms. The van der Waals surface area contributed by atoms with Crippen LogP contribution in [0.15, 0.2) is 4.99 Å². The Labute approximate surface area is 146 Å². The highest BCUT2D eigenvalue weighted by atomic mass is 32.1. The van der Waals surface area contributed by atoms with Crippen molar-refractivity contribution in [1.82, 2.24) is 4.57 Å². The second-order valence-electron chi connectivity index (χ2n) is 7.58. The Morgan fingerprint density at radius 2 is 2.12 bits per heavy atom. The van der Waals surface area contributed by atoms with Gasteiger partial charge in [0.1, 0.15) is 11.2 Å². The Morgan fingerprint density at radius 1 is 1.42 bits per heavy atom. The second-order valence-corrected chi connectivity index (χ2v) is 8.76. The van der Waals surface area contributed by atoms with Crippen LogP contribution in [-0.4, -0.2) is 30.0 Å². The van der Waals surface area contributed by atoms with E-state index in [0.717, 1.165) is 17.0 Å². The normalized spacial score (nSPS) is 28.8. The van der Waals surface area contributed by atoms with Gasteiger partial charge < -0.3 is 9.30 Å². The maximum Gasteiger partial charge on any atom is 0.262 e. The number of carbonyl (C=O) groups excluding carboxylic acids is 2. The first-order valence-corrected chi connectivity index (χ1v) is 9.35. The van der Waals surface area contributed by atoms with Crippen LogP contribution in [0.4, 0.5) is 0 Å². The Morgan fingerprint density at radius 3 is 2.67 bits per heavy atom. The van der Waals surface area contributed by atoms with Gasteiger partial charge in [0.15, 0.2) is 4.80 Å². The van der Waals surface area contributed by atoms with Crippen molar-refractivity contribution in [1.29, 1.82) is 0 Å². The van der Waals surface area contributed by atoms with E-state index in [4.69, 9.17) is 4.74 Å². The predicted molar refractivity (Wildman–Crippen MR) is 92.8 cm³/mol. The lowest BCUT2D eigenvalue weighted by Gasteiger charge is -2.32. The number of rotatable bonds is 4. The number of fused-ring (bicyclic) bond motifs is 2. The summed E-state index contributed by atoms with van der Waals surface area (Å²) in [7, 11) is 1.66. The molecule has 5 nitrogen and oxygen atoms in total. The van der Waals surface area contributed by atoms with Gasteiger partial charge in [-0.25, -0.2) is 0 Å². The molecule has 0 radical (unpaired) electrons. The largest absolute Gasteiger partial charge is 0.383 e. The van der Waals surface area contributed by atoms with Crippen LogP contribution in [0.1, 0.15) is 43.7 Å². The SMILES string of the molecule is COCCn1c(C)c(C)sc1=NC(=O)[C@]12CC[C@H](CC1=O)C2(C)C. The molecule has 2 atom stereocenters. The molecule has 2 aliphatic carbocycles. The van der Waals surface area contributed by atoms with Crippen molar-refractivity contribution in [2.75, 3.05) is 13.7 Å². The van der Waals surface area contributed by atoms with Crippen LogP contribution >= 0.6 is 11.3 Å². The lowest BCUT2D eigenvalue weighted by atomic mass is 9.68. The Balaban J connectivity index is 2.05. The molecule has 24 heavy (non-hydrogen) atoms. The average molecular weight is 350 g/mol. The second kappa shape index (κ2) is 5.92. The molecule has 0 unspecified atom stereocenters. The van der Waals surface area contributed by atoms with Gasteiger partial charge in [-0.3, -0.25) is 9.59 Å². The van der Waals surface area contributed by atoms with Crippen molar-refractivity contribution in [2.24, 2.45) is 21.7 Å². The number of nitrogens with zero attached hydrogens (tertiary/aromatic N) is 2. The summed E-state index contributed by atoms with van der Waals surface area (Å²) >= 11 is 1.51. The minimum atomic E-state index is -0.914. The molecular weight excluding hydrogens is 324 g/mol. The van der Waals surface area contributed by atoms with E-state index in [9.17, 15) is 9.59 Å². The molecule has 0 spiro atoms. The summed E-state index contributed by atoms with van der Waals surface area (Å²) in [5, 5.41) is 0. The number of carbonyl (C=O) groups is 2. The molecule has 0 N–H and O–H groups in total. The fraction of sp³-hybridized carbons (Fsp3) is 0.722. The van der Waals surface area contributed by atoms with Crippen LogP contribution in [0.5, 0.6) is 0 Å². The van der Waals surface area contributed by atoms with Crippen molar-refractivity contribution in [3.8, 4) is 0 Å². The number of thiazole rings is 1. The highest BCUT2D eigenvalue weighted by Crippen LogP contribution is 2.64. The van der Waals surface area contributed by atoms with Crippen LogP contribution in [0.2, 0.25) is 0 Å². The third kappa shape index (κ3) is 2.26. The van der Waals surface area contributed by atoms with Gasteiger partial charge in [0, 0.05) is 30.6 Å². The maximum absolute atomic E-state index is 13.1. The van der Waals surface area contributed by atoms with Crippen LogP contribution in [0.3, 0.4) is 0 Å². The average Bonchev–Trinajstić information content (AvgIpc) is 3.01. The van der Waals surface area contributed by atoms with Gasteiger partial charge in [0.2, 0.25) is 0 Å². The summed E-state index contributed by atoms with van der Waals surface area (Å²) in [6.07, 6.45) is 2.12. The Hall–Kier alpha value is -1.27. The monoisotopic (exact) mass is 350 g/mol. The Kier molecular flexibility index (Phi) is 4.33. The number of hydrogen-bond donors (Lipinski definition) is 0. The van der Waals surface area contributed by atoms with Gasteiger partial charge >= 0.3 is 0 Å². The van der Waals surface area contributed by atoms with Crippen LogP contribution < -0.4 is 4.80 Å². The fourth-order valence-corrected chi connectivity index (χ4v) is 5.49. The van der Waals surface area contributed by atoms with Crippen LogP contribution in [0, 0.1) is 30.6 Å². The standard InChI is InChI=1S/C18H26N2O3S/c1-11-12(2)24-16(20(11)8-9-23-5)19-15(22)18-7-6-13(10-14(18)21)17(18,3)4/h13H,6-10H2,1-5H3/t13-,18+/m1/s1. The molecular formula is C18H26N2O3S. The molecule has 3 rings (SSSR count). The van der Waals surface area contributed by atoms with Gasteiger partial charge in [-0.2, -0.15) is 4.99 Å². The quantitative estimate of drug-likeness (QED) is 0.784. The number of aryl methyl sites for hydroxylation is 1. The van der Waals surface area contributed by atoms with Gasteiger partial charge in [-0.1, -0.05) is 13.8 Å². The highest BCUT2D eigenvalue weighted by Gasteiger charge is 2.68. The summed E-state index contributed by atoms with van der Waals surface area (Å²) in [5.41, 5.74) is -0.103. The molecule has 0 aromatic carbocycles. The van der Waals surface area contributed by atoms with Crippen molar-refractivity contribution >= 4 is 23.0 Å². The number of ketones is 1. The lowest BCUT2D eigenvalue weighted by molar-refractivity contribution is -0.142. The van der Waals surface area contributed by atoms with Crippen LogP contribution in [-0.2, 0) is 20.9 Å². The molecule has 2 fully saturated rings. The minimum absolute atomic E-state index is 0.0888. The molecule has 1 aromatic rings. The van der Waals surface area contributed by atoms with E-state index in [0.29, 0.717) is 36.7 Å². The summed E-state index contributed by atoms with van der Waals surface area (Å²) < 4.78 is 7.20. The highest BCUT2D eigenvalue weighted by molar-refractivity contribution is 7.09. The molecule has 0 aliphatic heterocycles. The summed E-state index contributed by atoms with van der Waals surface area (Å²) in [6.45, 7) is 9.41. The molecule has 1 amide bonds. The van der Waals surface area contributed by atoms with E-state index in [1.165, 1.54) is 11.3 Å². The van der Waals surface area contributed by atoms with E-state index in [1.807, 2.05) is 18.4 Å². The summed E-state index contributed by atoms with van der Waals surface area (Å²) in [6, 6.07) is 0. The molecule has 2 saturated carbocycles. The zero-order chi connectivity index (χ0) is 17.7. The number of hydrogen-bond acceptors (Lipinski definition) is 4. The minimum Gasteiger partial charge on any atom is -0.383 e. The number of Topliss-reactive ketones (excluding diaryl/α,β-unsaturated/α-hetero) is 1. The maximum atomic E-state index is 13.1. The van der Waals surface area contributed by atoms with Gasteiger partial charge in [-0.15, -0.1) is 11.3 Å². The lowest BCUT2D eigenvalue weighted by Crippen LogP contribution is -2.43. The zero-order valence-corrected chi connectivity index (χ0v) is 16.0. The van der Waals surface area contributed by atoms with Crippen molar-refractivity contribution < 1.29 is 14.3 Å². The number of methoxy groups -OCH3 is 1. The van der Waals surface area contributed by atoms with Crippen molar-refractivity contribution in [3.63, 3.8) is 0 Å². The first-order chi connectivity index (χ1) is 11.3. The molecule has 6 heteroatoms. The van der Waals surface area contributed by atoms with Crippen molar-refractivity contribution in [3.05, 3.63) is 15.4 Å².